The molecule has 70 valence electrons. The standard InChI is InChI=1S/C9H18N2O/c1-2-11-6-9(7-12)4-3-8(11)5-10-9/h8,10,12H,2-7H2,1H3. The molecule has 2 bridgehead atoms. The van der Waals surface area contributed by atoms with Crippen molar-refractivity contribution in [2.75, 3.05) is 26.2 Å². The predicted octanol–water partition coefficient (Wildman–Crippen LogP) is -0.195. The second-order valence-electron chi connectivity index (χ2n) is 4.07. The fourth-order valence-corrected chi connectivity index (χ4v) is 2.49. The quantitative estimate of drug-likeness (QED) is 0.603. The molecule has 0 spiro atoms. The number of rotatable bonds is 2. The van der Waals surface area contributed by atoms with Crippen LogP contribution in [0.25, 0.3) is 0 Å². The minimum absolute atomic E-state index is 0.0325. The van der Waals surface area contributed by atoms with E-state index in [4.69, 9.17) is 0 Å². The van der Waals surface area contributed by atoms with E-state index in [0.717, 1.165) is 32.1 Å². The Morgan fingerprint density at radius 3 is 3.00 bits per heavy atom. The van der Waals surface area contributed by atoms with Crippen molar-refractivity contribution >= 4 is 0 Å². The van der Waals surface area contributed by atoms with Crippen LogP contribution in [0.2, 0.25) is 0 Å². The van der Waals surface area contributed by atoms with Crippen LogP contribution in [0.4, 0.5) is 0 Å². The van der Waals surface area contributed by atoms with Crippen LogP contribution in [0.1, 0.15) is 19.8 Å². The van der Waals surface area contributed by atoms with Crippen molar-refractivity contribution in [2.24, 2.45) is 0 Å². The smallest absolute Gasteiger partial charge is 0.0625 e. The van der Waals surface area contributed by atoms with Crippen LogP contribution >= 0.6 is 0 Å². The second kappa shape index (κ2) is 2.98. The summed E-state index contributed by atoms with van der Waals surface area (Å²) >= 11 is 0. The highest BCUT2D eigenvalue weighted by molar-refractivity contribution is 5.03. The highest BCUT2D eigenvalue weighted by Crippen LogP contribution is 2.29. The maximum Gasteiger partial charge on any atom is 0.0625 e. The Hall–Kier alpha value is -0.120. The lowest BCUT2D eigenvalue weighted by Crippen LogP contribution is -2.70. The van der Waals surface area contributed by atoms with Gasteiger partial charge in [-0.3, -0.25) is 4.90 Å². The molecule has 12 heavy (non-hydrogen) atoms. The molecular formula is C9H18N2O. The molecule has 3 heterocycles. The third kappa shape index (κ3) is 1.16. The Morgan fingerprint density at radius 1 is 1.67 bits per heavy atom. The van der Waals surface area contributed by atoms with E-state index >= 15 is 0 Å². The molecule has 3 rings (SSSR count). The maximum atomic E-state index is 9.29. The number of piperazine rings is 1. The van der Waals surface area contributed by atoms with Crippen LogP contribution in [0.5, 0.6) is 0 Å². The van der Waals surface area contributed by atoms with E-state index in [1.807, 2.05) is 0 Å². The van der Waals surface area contributed by atoms with Crippen LogP contribution in [-0.2, 0) is 0 Å². The van der Waals surface area contributed by atoms with Crippen LogP contribution in [0.15, 0.2) is 0 Å². The number of nitrogens with zero attached hydrogens (tertiary/aromatic N) is 1. The number of hydrogen-bond acceptors (Lipinski definition) is 3. The number of nitrogens with one attached hydrogen (secondary N) is 1. The highest BCUT2D eigenvalue weighted by atomic mass is 16.3. The average Bonchev–Trinajstić information content (AvgIpc) is 2.19. The third-order valence-corrected chi connectivity index (χ3v) is 3.40. The van der Waals surface area contributed by atoms with E-state index in [2.05, 4.69) is 17.1 Å². The maximum absolute atomic E-state index is 9.29. The number of piperidine rings is 2. The fourth-order valence-electron chi connectivity index (χ4n) is 2.49. The summed E-state index contributed by atoms with van der Waals surface area (Å²) < 4.78 is 0. The molecule has 3 fully saturated rings. The zero-order chi connectivity index (χ0) is 8.60. The van der Waals surface area contributed by atoms with Gasteiger partial charge in [0.15, 0.2) is 0 Å². The first-order chi connectivity index (χ1) is 5.79. The zero-order valence-corrected chi connectivity index (χ0v) is 7.71. The van der Waals surface area contributed by atoms with Crippen LogP contribution < -0.4 is 5.32 Å². The van der Waals surface area contributed by atoms with Crippen molar-refractivity contribution in [1.82, 2.24) is 10.2 Å². The zero-order valence-electron chi connectivity index (χ0n) is 7.71. The Labute approximate surface area is 73.8 Å². The summed E-state index contributed by atoms with van der Waals surface area (Å²) in [5.74, 6) is 0. The molecule has 3 aliphatic rings. The number of aliphatic hydroxyl groups is 1. The molecular weight excluding hydrogens is 152 g/mol. The number of aliphatic hydroxyl groups excluding tert-OH is 1. The molecule has 0 aromatic rings. The number of fused-ring (bicyclic) bond motifs is 3. The van der Waals surface area contributed by atoms with E-state index in [0.29, 0.717) is 0 Å². The van der Waals surface area contributed by atoms with Gasteiger partial charge >= 0.3 is 0 Å². The molecule has 2 unspecified atom stereocenters. The summed E-state index contributed by atoms with van der Waals surface area (Å²) in [5, 5.41) is 12.7. The Balaban J connectivity index is 2.09. The van der Waals surface area contributed by atoms with E-state index in [1.54, 1.807) is 0 Å². The number of hydrogen-bond donors (Lipinski definition) is 2. The normalized spacial score (nSPS) is 42.0. The van der Waals surface area contributed by atoms with Gasteiger partial charge in [-0.15, -0.1) is 0 Å². The van der Waals surface area contributed by atoms with Crippen molar-refractivity contribution in [1.29, 1.82) is 0 Å². The second-order valence-corrected chi connectivity index (χ2v) is 4.07. The topological polar surface area (TPSA) is 35.5 Å². The minimum Gasteiger partial charge on any atom is -0.394 e. The lowest BCUT2D eigenvalue weighted by molar-refractivity contribution is -0.00805. The van der Waals surface area contributed by atoms with Gasteiger partial charge in [0.2, 0.25) is 0 Å². The molecule has 0 saturated carbocycles. The first kappa shape index (κ1) is 8.48. The Bertz CT molecular complexity index is 164. The van der Waals surface area contributed by atoms with Gasteiger partial charge in [0.1, 0.15) is 0 Å². The molecule has 3 heteroatoms. The largest absolute Gasteiger partial charge is 0.394 e. The molecule has 3 aliphatic heterocycles. The lowest BCUT2D eigenvalue weighted by Gasteiger charge is -2.52. The summed E-state index contributed by atoms with van der Waals surface area (Å²) in [5.41, 5.74) is 0.0325. The molecule has 0 aromatic heterocycles. The minimum atomic E-state index is 0.0325. The van der Waals surface area contributed by atoms with Crippen molar-refractivity contribution in [3.05, 3.63) is 0 Å². The SMILES string of the molecule is CCN1CC2(CO)CCC1CN2. The molecule has 0 radical (unpaired) electrons. The number of likely N-dealkylation sites (N-methyl/N-ethyl adjacent to an activating group) is 1. The first-order valence-corrected chi connectivity index (χ1v) is 4.89. The summed E-state index contributed by atoms with van der Waals surface area (Å²) in [4.78, 5) is 2.48. The van der Waals surface area contributed by atoms with E-state index < -0.39 is 0 Å². The monoisotopic (exact) mass is 170 g/mol. The van der Waals surface area contributed by atoms with E-state index in [9.17, 15) is 5.11 Å². The molecule has 0 aromatic carbocycles. The van der Waals surface area contributed by atoms with Crippen LogP contribution in [-0.4, -0.2) is 47.8 Å². The summed E-state index contributed by atoms with van der Waals surface area (Å²) in [6, 6.07) is 0.725. The molecule has 2 atom stereocenters. The van der Waals surface area contributed by atoms with Gasteiger partial charge in [0, 0.05) is 19.1 Å². The van der Waals surface area contributed by atoms with Crippen molar-refractivity contribution in [2.45, 2.75) is 31.3 Å². The predicted molar refractivity (Wildman–Crippen MR) is 48.1 cm³/mol. The molecule has 3 saturated heterocycles. The summed E-state index contributed by atoms with van der Waals surface area (Å²) in [7, 11) is 0. The van der Waals surface area contributed by atoms with Crippen molar-refractivity contribution < 1.29 is 5.11 Å². The fraction of sp³-hybridized carbons (Fsp3) is 1.00. The molecule has 0 aliphatic carbocycles. The first-order valence-electron chi connectivity index (χ1n) is 4.89. The Kier molecular flexibility index (Phi) is 2.10. The van der Waals surface area contributed by atoms with Crippen molar-refractivity contribution in [3.8, 4) is 0 Å². The van der Waals surface area contributed by atoms with Gasteiger partial charge in [-0.1, -0.05) is 6.92 Å². The van der Waals surface area contributed by atoms with Crippen LogP contribution in [0.3, 0.4) is 0 Å². The van der Waals surface area contributed by atoms with Crippen LogP contribution in [0, 0.1) is 0 Å². The molecule has 3 nitrogen and oxygen atoms in total. The van der Waals surface area contributed by atoms with E-state index in [1.165, 1.54) is 6.42 Å². The van der Waals surface area contributed by atoms with Gasteiger partial charge in [0.25, 0.3) is 0 Å². The van der Waals surface area contributed by atoms with Gasteiger partial charge in [-0.2, -0.15) is 0 Å². The molecule has 0 amide bonds. The Morgan fingerprint density at radius 2 is 2.50 bits per heavy atom. The summed E-state index contributed by atoms with van der Waals surface area (Å²) in [6.45, 7) is 5.70. The van der Waals surface area contributed by atoms with Crippen molar-refractivity contribution in [3.63, 3.8) is 0 Å². The van der Waals surface area contributed by atoms with Gasteiger partial charge in [-0.05, 0) is 19.4 Å². The highest BCUT2D eigenvalue weighted by Gasteiger charge is 2.43. The molecule has 2 N–H and O–H groups in total. The van der Waals surface area contributed by atoms with E-state index in [-0.39, 0.29) is 12.1 Å². The average molecular weight is 170 g/mol. The lowest BCUT2D eigenvalue weighted by atomic mass is 9.81. The third-order valence-electron chi connectivity index (χ3n) is 3.40. The summed E-state index contributed by atoms with van der Waals surface area (Å²) in [6.07, 6.45) is 2.39. The van der Waals surface area contributed by atoms with Gasteiger partial charge in [-0.25, -0.2) is 0 Å². The van der Waals surface area contributed by atoms with Gasteiger partial charge < -0.3 is 10.4 Å². The van der Waals surface area contributed by atoms with Gasteiger partial charge in [0.05, 0.1) is 12.1 Å².